The Labute approximate surface area is 116 Å². The van der Waals surface area contributed by atoms with Gasteiger partial charge in [-0.3, -0.25) is 0 Å². The zero-order valence-electron chi connectivity index (χ0n) is 6.36. The fourth-order valence-electron chi connectivity index (χ4n) is 0.376. The minimum Gasteiger partial charge on any atom is -0.467 e. The molecule has 0 saturated carbocycles. The van der Waals surface area contributed by atoms with E-state index < -0.39 is 12.1 Å². The molecule has 0 aliphatic carbocycles. The van der Waals surface area contributed by atoms with Gasteiger partial charge >= 0.3 is 5.97 Å². The minimum atomic E-state index is -1.18. The maximum absolute atomic E-state index is 10.3. The molecule has 1 atom stereocenters. The van der Waals surface area contributed by atoms with Gasteiger partial charge in [0, 0.05) is 78.4 Å². The molecule has 0 aliphatic rings. The summed E-state index contributed by atoms with van der Waals surface area (Å²) in [6, 6.07) is 0. The number of methoxy groups -OCH3 is 1. The van der Waals surface area contributed by atoms with Crippen LogP contribution in [-0.4, -0.2) is 36.0 Å². The van der Waals surface area contributed by atoms with Crippen LogP contribution in [0.15, 0.2) is 0 Å². The Morgan fingerprint density at radius 1 is 1.55 bits per heavy atom. The van der Waals surface area contributed by atoms with Gasteiger partial charge < -0.3 is 14.9 Å². The average molecular weight is 312 g/mol. The van der Waals surface area contributed by atoms with Crippen molar-refractivity contribution in [2.75, 3.05) is 13.7 Å². The van der Waals surface area contributed by atoms with Crippen LogP contribution in [0.3, 0.4) is 0 Å². The third-order valence-electron chi connectivity index (χ3n) is 0.876. The Morgan fingerprint density at radius 3 is 2.27 bits per heavy atom. The average Bonchev–Trinajstić information content (AvgIpc) is 1.87. The van der Waals surface area contributed by atoms with Crippen molar-refractivity contribution in [1.82, 2.24) is 0 Å². The molecule has 60 valence electrons. The second-order valence-electron chi connectivity index (χ2n) is 1.55. The molecule has 0 aromatic rings. The number of hydrogen-bond acceptors (Lipinski definition) is 4. The second kappa shape index (κ2) is 11.6. The predicted octanol–water partition coefficient (Wildman–Crippen LogP) is -1.10. The molecule has 0 rings (SSSR count). The topological polar surface area (TPSA) is 66.8 Å². The molecule has 0 unspecified atom stereocenters. The normalized spacial score (nSPS) is 10.5. The van der Waals surface area contributed by atoms with Crippen molar-refractivity contribution < 1.29 is 85.2 Å². The van der Waals surface area contributed by atoms with E-state index in [2.05, 4.69) is 4.74 Å². The molecule has 0 aromatic carbocycles. The zero-order valence-corrected chi connectivity index (χ0v) is 12.0. The molecule has 0 aromatic heterocycles. The van der Waals surface area contributed by atoms with Crippen molar-refractivity contribution >= 4 is 5.97 Å². The number of rotatable bonds is 3. The first kappa shape index (κ1) is 18.4. The third-order valence-corrected chi connectivity index (χ3v) is 0.876. The zero-order chi connectivity index (χ0) is 7.28. The van der Waals surface area contributed by atoms with Gasteiger partial charge in [-0.2, -0.15) is 0 Å². The van der Waals surface area contributed by atoms with Crippen molar-refractivity contribution in [2.45, 2.75) is 12.5 Å². The molecule has 0 fully saturated rings. The van der Waals surface area contributed by atoms with E-state index in [9.17, 15) is 4.79 Å². The smallest absolute Gasteiger partial charge is 0.334 e. The van der Waals surface area contributed by atoms with Gasteiger partial charge in [-0.15, -0.1) is 0 Å². The standard InChI is InChI=1S/C5H10O4.2Y/c1-9-5(8)4(7)2-3-6;;/h4,6-7H,2-3H2,1H3;;/t4-;;/m1../s1. The first-order chi connectivity index (χ1) is 4.22. The number of carbonyl (C=O) groups excluding carboxylic acids is 1. The van der Waals surface area contributed by atoms with Crippen molar-refractivity contribution in [3.8, 4) is 0 Å². The number of aliphatic hydroxyl groups is 2. The molecule has 0 heterocycles. The van der Waals surface area contributed by atoms with Gasteiger partial charge in [0.15, 0.2) is 6.10 Å². The summed E-state index contributed by atoms with van der Waals surface area (Å²) in [7, 11) is 1.18. The van der Waals surface area contributed by atoms with Gasteiger partial charge in [0.05, 0.1) is 7.11 Å². The largest absolute Gasteiger partial charge is 0.467 e. The summed E-state index contributed by atoms with van der Waals surface area (Å²) in [5, 5.41) is 16.9. The summed E-state index contributed by atoms with van der Waals surface area (Å²) < 4.78 is 4.16. The summed E-state index contributed by atoms with van der Waals surface area (Å²) in [4.78, 5) is 10.3. The van der Waals surface area contributed by atoms with Gasteiger partial charge in [-0.1, -0.05) is 0 Å². The van der Waals surface area contributed by atoms with Gasteiger partial charge in [-0.05, 0) is 0 Å². The summed E-state index contributed by atoms with van der Waals surface area (Å²) in [5.41, 5.74) is 0. The number of esters is 1. The molecule has 0 spiro atoms. The fourth-order valence-corrected chi connectivity index (χ4v) is 0.376. The van der Waals surface area contributed by atoms with E-state index in [1.54, 1.807) is 0 Å². The van der Waals surface area contributed by atoms with Crippen LogP contribution in [0.5, 0.6) is 0 Å². The maximum atomic E-state index is 10.3. The van der Waals surface area contributed by atoms with E-state index in [0.717, 1.165) is 0 Å². The number of aliphatic hydroxyl groups excluding tert-OH is 2. The first-order valence-corrected chi connectivity index (χ1v) is 2.59. The van der Waals surface area contributed by atoms with Crippen LogP contribution in [0.25, 0.3) is 0 Å². The molecular formula is C5H10O4Y2. The summed E-state index contributed by atoms with van der Waals surface area (Å²) in [6.07, 6.45) is -1.15. The van der Waals surface area contributed by atoms with Crippen molar-refractivity contribution in [3.05, 3.63) is 0 Å². The van der Waals surface area contributed by atoms with Crippen LogP contribution >= 0.6 is 0 Å². The molecule has 0 amide bonds. The Hall–Kier alpha value is 1.60. The van der Waals surface area contributed by atoms with E-state index in [-0.39, 0.29) is 78.4 Å². The van der Waals surface area contributed by atoms with Gasteiger partial charge in [0.1, 0.15) is 0 Å². The predicted molar refractivity (Wildman–Crippen MR) is 29.7 cm³/mol. The van der Waals surface area contributed by atoms with E-state index >= 15 is 0 Å². The van der Waals surface area contributed by atoms with Crippen molar-refractivity contribution in [3.63, 3.8) is 0 Å². The molecule has 11 heavy (non-hydrogen) atoms. The van der Waals surface area contributed by atoms with Crippen molar-refractivity contribution in [1.29, 1.82) is 0 Å². The molecule has 0 bridgehead atoms. The molecule has 6 heteroatoms. The first-order valence-electron chi connectivity index (χ1n) is 2.59. The minimum absolute atomic E-state index is 0. The van der Waals surface area contributed by atoms with Crippen LogP contribution in [-0.2, 0) is 74.9 Å². The monoisotopic (exact) mass is 312 g/mol. The molecule has 4 nitrogen and oxygen atoms in total. The molecule has 0 aliphatic heterocycles. The van der Waals surface area contributed by atoms with Crippen LogP contribution in [0.2, 0.25) is 0 Å². The molecule has 2 N–H and O–H groups in total. The molecule has 2 radical (unpaired) electrons. The fraction of sp³-hybridized carbons (Fsp3) is 0.800. The summed E-state index contributed by atoms with van der Waals surface area (Å²) >= 11 is 0. The van der Waals surface area contributed by atoms with Crippen LogP contribution in [0.4, 0.5) is 0 Å². The summed E-state index contributed by atoms with van der Waals surface area (Å²) in [5.74, 6) is -0.705. The third kappa shape index (κ3) is 9.51. The summed E-state index contributed by atoms with van der Waals surface area (Å²) in [6.45, 7) is -0.212. The van der Waals surface area contributed by atoms with E-state index in [4.69, 9.17) is 10.2 Å². The van der Waals surface area contributed by atoms with Gasteiger partial charge in [-0.25, -0.2) is 4.79 Å². The van der Waals surface area contributed by atoms with E-state index in [1.807, 2.05) is 0 Å². The van der Waals surface area contributed by atoms with Crippen LogP contribution in [0.1, 0.15) is 6.42 Å². The molecular weight excluding hydrogens is 302 g/mol. The van der Waals surface area contributed by atoms with E-state index in [1.165, 1.54) is 7.11 Å². The Kier molecular flexibility index (Phi) is 19.4. The van der Waals surface area contributed by atoms with Gasteiger partial charge in [0.2, 0.25) is 0 Å². The van der Waals surface area contributed by atoms with Gasteiger partial charge in [0.25, 0.3) is 0 Å². The second-order valence-corrected chi connectivity index (χ2v) is 1.55. The Balaban J connectivity index is -0.000000320. The number of ether oxygens (including phenoxy) is 1. The Bertz CT molecular complexity index is 98.5. The number of carbonyl (C=O) groups is 1. The number of hydrogen-bond donors (Lipinski definition) is 2. The maximum Gasteiger partial charge on any atom is 0.334 e. The quantitative estimate of drug-likeness (QED) is 0.649. The SMILES string of the molecule is COC(=O)[C@H](O)CCO.[Y].[Y]. The van der Waals surface area contributed by atoms with Crippen LogP contribution < -0.4 is 0 Å². The van der Waals surface area contributed by atoms with Crippen molar-refractivity contribution in [2.24, 2.45) is 0 Å². The van der Waals surface area contributed by atoms with E-state index in [0.29, 0.717) is 0 Å². The Morgan fingerprint density at radius 2 is 2.00 bits per heavy atom. The molecule has 0 saturated heterocycles. The van der Waals surface area contributed by atoms with Crippen LogP contribution in [0, 0.1) is 0 Å².